The van der Waals surface area contributed by atoms with E-state index in [1.54, 1.807) is 20.8 Å². The number of hydrogen-bond donors (Lipinski definition) is 2. The fourth-order valence-corrected chi connectivity index (χ4v) is 2.42. The fraction of sp³-hybridized carbons (Fsp3) is 0.824. The van der Waals surface area contributed by atoms with Gasteiger partial charge in [0.1, 0.15) is 18.2 Å². The van der Waals surface area contributed by atoms with Gasteiger partial charge in [-0.25, -0.2) is 4.79 Å². The number of carbonyl (C=O) groups excluding carboxylic acids is 3. The first-order valence-corrected chi connectivity index (χ1v) is 8.41. The molecule has 1 saturated heterocycles. The standard InChI is InChI=1S/C17H30N2O5/c1-10(2)7-14(19-16(22)24-17(4,5)6)15(21)18-13-8-12(20)9-23-11(13)3/h10-11,13-14H,7-9H2,1-6H3,(H,18,21)(H,19,22)/t11-,13-,14+/m1/s1. The number of rotatable bonds is 5. The molecular weight excluding hydrogens is 312 g/mol. The molecule has 3 atom stereocenters. The predicted molar refractivity (Wildman–Crippen MR) is 89.6 cm³/mol. The lowest BCUT2D eigenvalue weighted by Crippen LogP contribution is -2.55. The van der Waals surface area contributed by atoms with Crippen molar-refractivity contribution in [2.75, 3.05) is 6.61 Å². The minimum absolute atomic E-state index is 0.0427. The van der Waals surface area contributed by atoms with Gasteiger partial charge in [0.2, 0.25) is 5.91 Å². The van der Waals surface area contributed by atoms with Crippen molar-refractivity contribution in [2.24, 2.45) is 5.92 Å². The molecule has 7 heteroatoms. The Labute approximate surface area is 143 Å². The molecule has 0 bridgehead atoms. The van der Waals surface area contributed by atoms with Crippen molar-refractivity contribution in [1.29, 1.82) is 0 Å². The smallest absolute Gasteiger partial charge is 0.408 e. The molecule has 0 aromatic rings. The number of ketones is 1. The second-order valence-electron chi connectivity index (χ2n) is 7.70. The molecule has 138 valence electrons. The van der Waals surface area contributed by atoms with E-state index in [1.807, 2.05) is 20.8 Å². The Hall–Kier alpha value is -1.63. The quantitative estimate of drug-likeness (QED) is 0.794. The Morgan fingerprint density at radius 3 is 2.50 bits per heavy atom. The van der Waals surface area contributed by atoms with Gasteiger partial charge in [-0.05, 0) is 40.0 Å². The van der Waals surface area contributed by atoms with Crippen molar-refractivity contribution in [3.8, 4) is 0 Å². The number of amides is 2. The largest absolute Gasteiger partial charge is 0.444 e. The number of alkyl carbamates (subject to hydrolysis) is 1. The summed E-state index contributed by atoms with van der Waals surface area (Å²) in [4.78, 5) is 36.0. The lowest BCUT2D eigenvalue weighted by molar-refractivity contribution is -0.135. The summed E-state index contributed by atoms with van der Waals surface area (Å²) < 4.78 is 10.6. The Morgan fingerprint density at radius 1 is 1.33 bits per heavy atom. The monoisotopic (exact) mass is 342 g/mol. The molecule has 2 N–H and O–H groups in total. The molecule has 24 heavy (non-hydrogen) atoms. The first kappa shape index (κ1) is 20.4. The van der Waals surface area contributed by atoms with Gasteiger partial charge in [0.25, 0.3) is 0 Å². The highest BCUT2D eigenvalue weighted by molar-refractivity contribution is 5.87. The van der Waals surface area contributed by atoms with Crippen LogP contribution in [-0.4, -0.2) is 48.2 Å². The zero-order valence-corrected chi connectivity index (χ0v) is 15.5. The zero-order chi connectivity index (χ0) is 18.5. The zero-order valence-electron chi connectivity index (χ0n) is 15.5. The molecule has 1 rings (SSSR count). The lowest BCUT2D eigenvalue weighted by Gasteiger charge is -2.31. The van der Waals surface area contributed by atoms with Crippen LogP contribution in [0.15, 0.2) is 0 Å². The molecule has 0 aromatic heterocycles. The first-order valence-electron chi connectivity index (χ1n) is 8.41. The average Bonchev–Trinajstić information content (AvgIpc) is 2.39. The summed E-state index contributed by atoms with van der Waals surface area (Å²) >= 11 is 0. The normalized spacial score (nSPS) is 22.9. The summed E-state index contributed by atoms with van der Waals surface area (Å²) in [5, 5.41) is 5.44. The number of Topliss-reactive ketones (excluding diaryl/α,β-unsaturated/α-hetero) is 1. The van der Waals surface area contributed by atoms with E-state index in [1.165, 1.54) is 0 Å². The van der Waals surface area contributed by atoms with Gasteiger partial charge in [-0.2, -0.15) is 0 Å². The van der Waals surface area contributed by atoms with E-state index in [4.69, 9.17) is 9.47 Å². The molecular formula is C17H30N2O5. The third-order valence-corrected chi connectivity index (χ3v) is 3.56. The van der Waals surface area contributed by atoms with E-state index >= 15 is 0 Å². The first-order chi connectivity index (χ1) is 11.0. The van der Waals surface area contributed by atoms with Crippen LogP contribution in [0.3, 0.4) is 0 Å². The van der Waals surface area contributed by atoms with Crippen molar-refractivity contribution in [2.45, 2.75) is 78.2 Å². The highest BCUT2D eigenvalue weighted by Gasteiger charge is 2.32. The summed E-state index contributed by atoms with van der Waals surface area (Å²) in [5.74, 6) is -0.166. The van der Waals surface area contributed by atoms with Gasteiger partial charge in [-0.3, -0.25) is 9.59 Å². The molecule has 1 heterocycles. The highest BCUT2D eigenvalue weighted by atomic mass is 16.6. The number of hydrogen-bond acceptors (Lipinski definition) is 5. The Balaban J connectivity index is 2.70. The van der Waals surface area contributed by atoms with Gasteiger partial charge in [-0.1, -0.05) is 13.8 Å². The Morgan fingerprint density at radius 2 is 1.96 bits per heavy atom. The number of nitrogens with one attached hydrogen (secondary N) is 2. The SMILES string of the molecule is CC(C)C[C@H](NC(=O)OC(C)(C)C)C(=O)N[C@@H]1CC(=O)CO[C@@H]1C. The van der Waals surface area contributed by atoms with E-state index < -0.39 is 17.7 Å². The topological polar surface area (TPSA) is 93.7 Å². The fourth-order valence-electron chi connectivity index (χ4n) is 2.42. The predicted octanol–water partition coefficient (Wildman–Crippen LogP) is 1.79. The molecule has 0 aromatic carbocycles. The van der Waals surface area contributed by atoms with Gasteiger partial charge in [0.05, 0.1) is 12.1 Å². The van der Waals surface area contributed by atoms with Crippen LogP contribution in [0.2, 0.25) is 0 Å². The summed E-state index contributed by atoms with van der Waals surface area (Å²) in [5.41, 5.74) is -0.638. The van der Waals surface area contributed by atoms with E-state index in [2.05, 4.69) is 10.6 Å². The minimum Gasteiger partial charge on any atom is -0.444 e. The molecule has 0 radical (unpaired) electrons. The molecule has 7 nitrogen and oxygen atoms in total. The summed E-state index contributed by atoms with van der Waals surface area (Å²) in [7, 11) is 0. The van der Waals surface area contributed by atoms with Gasteiger partial charge in [-0.15, -0.1) is 0 Å². The maximum atomic E-state index is 12.6. The average molecular weight is 342 g/mol. The highest BCUT2D eigenvalue weighted by Crippen LogP contribution is 2.13. The maximum absolute atomic E-state index is 12.6. The molecule has 1 aliphatic rings. The second-order valence-corrected chi connectivity index (χ2v) is 7.70. The van der Waals surface area contributed by atoms with E-state index in [-0.39, 0.29) is 42.8 Å². The van der Waals surface area contributed by atoms with Crippen molar-refractivity contribution in [3.63, 3.8) is 0 Å². The summed E-state index contributed by atoms with van der Waals surface area (Å²) in [6.07, 6.45) is -0.158. The van der Waals surface area contributed by atoms with Crippen molar-refractivity contribution >= 4 is 17.8 Å². The summed E-state index contributed by atoms with van der Waals surface area (Å²) in [6.45, 7) is 11.1. The van der Waals surface area contributed by atoms with Crippen molar-refractivity contribution in [1.82, 2.24) is 10.6 Å². The van der Waals surface area contributed by atoms with E-state index in [9.17, 15) is 14.4 Å². The molecule has 1 aliphatic heterocycles. The Kier molecular flexibility index (Phi) is 7.20. The second kappa shape index (κ2) is 8.46. The van der Waals surface area contributed by atoms with Crippen LogP contribution < -0.4 is 10.6 Å². The van der Waals surface area contributed by atoms with Gasteiger partial charge in [0, 0.05) is 6.42 Å². The minimum atomic E-state index is -0.718. The van der Waals surface area contributed by atoms with Crippen molar-refractivity contribution in [3.05, 3.63) is 0 Å². The third kappa shape index (κ3) is 7.29. The van der Waals surface area contributed by atoms with Crippen LogP contribution >= 0.6 is 0 Å². The third-order valence-electron chi connectivity index (χ3n) is 3.56. The van der Waals surface area contributed by atoms with Crippen LogP contribution in [0.4, 0.5) is 4.79 Å². The summed E-state index contributed by atoms with van der Waals surface area (Å²) in [6, 6.07) is -1.10. The molecule has 2 amide bonds. The van der Waals surface area contributed by atoms with E-state index in [0.29, 0.717) is 6.42 Å². The van der Waals surface area contributed by atoms with Crippen molar-refractivity contribution < 1.29 is 23.9 Å². The Bertz CT molecular complexity index is 470. The van der Waals surface area contributed by atoms with Crippen LogP contribution in [0.25, 0.3) is 0 Å². The maximum Gasteiger partial charge on any atom is 0.408 e. The van der Waals surface area contributed by atoms with Crippen LogP contribution in [0.1, 0.15) is 54.4 Å². The molecule has 0 spiro atoms. The molecule has 0 aliphatic carbocycles. The van der Waals surface area contributed by atoms with Gasteiger partial charge < -0.3 is 20.1 Å². The molecule has 0 unspecified atom stereocenters. The van der Waals surface area contributed by atoms with Crippen LogP contribution in [0, 0.1) is 5.92 Å². The van der Waals surface area contributed by atoms with Crippen LogP contribution in [0.5, 0.6) is 0 Å². The van der Waals surface area contributed by atoms with Gasteiger partial charge >= 0.3 is 6.09 Å². The van der Waals surface area contributed by atoms with Gasteiger partial charge in [0.15, 0.2) is 5.78 Å². The lowest BCUT2D eigenvalue weighted by atomic mass is 10.00. The molecule has 0 saturated carbocycles. The molecule has 1 fully saturated rings. The van der Waals surface area contributed by atoms with E-state index in [0.717, 1.165) is 0 Å². The number of carbonyl (C=O) groups is 3. The number of ether oxygens (including phenoxy) is 2. The van der Waals surface area contributed by atoms with Crippen LogP contribution in [-0.2, 0) is 19.1 Å².